The highest BCUT2D eigenvalue weighted by Crippen LogP contribution is 2.14. The van der Waals surface area contributed by atoms with Crippen LogP contribution in [-0.4, -0.2) is 37.2 Å². The first-order valence-electron chi connectivity index (χ1n) is 29.2. The number of rotatable bonds is 51. The minimum absolute atomic E-state index is 0.0978. The Balaban J connectivity index is 4.28. The molecular formula is C66H106O6. The third-order valence-corrected chi connectivity index (χ3v) is 11.9. The summed E-state index contributed by atoms with van der Waals surface area (Å²) in [6.07, 6.45) is 83.2. The highest BCUT2D eigenvalue weighted by Gasteiger charge is 2.19. The predicted molar refractivity (Wildman–Crippen MR) is 311 cm³/mol. The van der Waals surface area contributed by atoms with E-state index in [2.05, 4.69) is 154 Å². The Bertz CT molecular complexity index is 1560. The standard InChI is InChI=1S/C66H106O6/c1-4-7-10-13-16-19-22-23-24-25-26-27-28-29-30-31-32-33-34-35-36-37-38-39-40-41-42-43-45-47-50-53-56-59-65(68)71-62-63(61-70-64(67)58-55-52-49-46-21-18-15-12-9-6-3)72-66(69)60-57-54-51-48-44-20-17-14-11-8-5-2/h7,10,12,15-16,19,23-24,26-27,29-30,32-33,35-36,38-39,41-42,45,47,63H,4-6,8-9,11,13-14,17-18,20-22,25,28,31,34,37,40,43-44,46,48-62H2,1-3H3/b10-7-,15-12-,19-16-,24-23-,27-26-,30-29-,33-32-,36-35-,39-38-,42-41-,47-45-. The zero-order valence-corrected chi connectivity index (χ0v) is 46.4. The van der Waals surface area contributed by atoms with Crippen LogP contribution in [0.3, 0.4) is 0 Å². The second-order valence-electron chi connectivity index (χ2n) is 18.8. The molecule has 0 saturated carbocycles. The predicted octanol–water partition coefficient (Wildman–Crippen LogP) is 19.8. The lowest BCUT2D eigenvalue weighted by Crippen LogP contribution is -2.30. The van der Waals surface area contributed by atoms with Crippen LogP contribution in [0.5, 0.6) is 0 Å². The highest BCUT2D eigenvalue weighted by atomic mass is 16.6. The Morgan fingerprint density at radius 2 is 0.569 bits per heavy atom. The third-order valence-electron chi connectivity index (χ3n) is 11.9. The van der Waals surface area contributed by atoms with Gasteiger partial charge in [0.05, 0.1) is 0 Å². The molecule has 0 bridgehead atoms. The number of ether oxygens (including phenoxy) is 3. The Hall–Kier alpha value is -4.45. The van der Waals surface area contributed by atoms with E-state index in [9.17, 15) is 14.4 Å². The summed E-state index contributed by atoms with van der Waals surface area (Å²) in [6.45, 7) is 6.40. The van der Waals surface area contributed by atoms with Gasteiger partial charge in [-0.1, -0.05) is 244 Å². The quantitative estimate of drug-likeness (QED) is 0.0261. The molecule has 6 heteroatoms. The maximum atomic E-state index is 12.8. The molecule has 406 valence electrons. The molecule has 0 aliphatic carbocycles. The fourth-order valence-corrected chi connectivity index (χ4v) is 7.53. The van der Waals surface area contributed by atoms with Crippen LogP contribution in [0.4, 0.5) is 0 Å². The van der Waals surface area contributed by atoms with Gasteiger partial charge in [0.1, 0.15) is 13.2 Å². The SMILES string of the molecule is CC/C=C\C/C=C\C/C=C\C/C=C\C/C=C\C/C=C\C/C=C\C/C=C\C/C=C\C/C=C\CCCCC(=O)OCC(COC(=O)CCCCCCC/C=C\CCC)OC(=O)CCCCCCCCCCCCC. The van der Waals surface area contributed by atoms with E-state index in [4.69, 9.17) is 14.2 Å². The van der Waals surface area contributed by atoms with Crippen molar-refractivity contribution in [3.05, 3.63) is 134 Å². The molecule has 0 N–H and O–H groups in total. The van der Waals surface area contributed by atoms with Crippen LogP contribution in [0.15, 0.2) is 134 Å². The minimum Gasteiger partial charge on any atom is -0.462 e. The van der Waals surface area contributed by atoms with Crippen molar-refractivity contribution < 1.29 is 28.6 Å². The zero-order chi connectivity index (χ0) is 52.2. The summed E-state index contributed by atoms with van der Waals surface area (Å²) in [7, 11) is 0. The number of esters is 3. The Kier molecular flexibility index (Phi) is 55.5. The Morgan fingerprint density at radius 1 is 0.292 bits per heavy atom. The van der Waals surface area contributed by atoms with Crippen LogP contribution < -0.4 is 0 Å². The van der Waals surface area contributed by atoms with Gasteiger partial charge < -0.3 is 14.2 Å². The summed E-state index contributed by atoms with van der Waals surface area (Å²) in [4.78, 5) is 37.9. The fourth-order valence-electron chi connectivity index (χ4n) is 7.53. The van der Waals surface area contributed by atoms with Gasteiger partial charge in [-0.15, -0.1) is 0 Å². The number of unbranched alkanes of at least 4 members (excludes halogenated alkanes) is 18. The van der Waals surface area contributed by atoms with Crippen molar-refractivity contribution in [2.75, 3.05) is 13.2 Å². The average Bonchev–Trinajstić information content (AvgIpc) is 3.38. The molecule has 0 spiro atoms. The lowest BCUT2D eigenvalue weighted by Gasteiger charge is -2.18. The van der Waals surface area contributed by atoms with Gasteiger partial charge in [-0.2, -0.15) is 0 Å². The van der Waals surface area contributed by atoms with Gasteiger partial charge in [0.2, 0.25) is 0 Å². The van der Waals surface area contributed by atoms with E-state index in [0.717, 1.165) is 135 Å². The molecule has 1 atom stereocenters. The van der Waals surface area contributed by atoms with Crippen LogP contribution >= 0.6 is 0 Å². The molecule has 0 fully saturated rings. The van der Waals surface area contributed by atoms with Gasteiger partial charge in [-0.25, -0.2) is 0 Å². The van der Waals surface area contributed by atoms with E-state index in [0.29, 0.717) is 25.7 Å². The maximum absolute atomic E-state index is 12.8. The fraction of sp³-hybridized carbons (Fsp3) is 0.621. The van der Waals surface area contributed by atoms with Crippen molar-refractivity contribution in [1.82, 2.24) is 0 Å². The molecule has 0 aliphatic heterocycles. The molecule has 0 heterocycles. The third kappa shape index (κ3) is 56.5. The van der Waals surface area contributed by atoms with E-state index in [-0.39, 0.29) is 31.1 Å². The summed E-state index contributed by atoms with van der Waals surface area (Å²) in [5.41, 5.74) is 0. The monoisotopic (exact) mass is 995 g/mol. The van der Waals surface area contributed by atoms with E-state index < -0.39 is 6.10 Å². The summed E-state index contributed by atoms with van der Waals surface area (Å²) >= 11 is 0. The molecule has 0 radical (unpaired) electrons. The molecule has 72 heavy (non-hydrogen) atoms. The number of carbonyl (C=O) groups is 3. The molecular weight excluding hydrogens is 889 g/mol. The van der Waals surface area contributed by atoms with Gasteiger partial charge in [0.25, 0.3) is 0 Å². The zero-order valence-electron chi connectivity index (χ0n) is 46.4. The summed E-state index contributed by atoms with van der Waals surface area (Å²) < 4.78 is 16.7. The number of hydrogen-bond acceptors (Lipinski definition) is 6. The van der Waals surface area contributed by atoms with Crippen molar-refractivity contribution in [3.8, 4) is 0 Å². The minimum atomic E-state index is -0.799. The van der Waals surface area contributed by atoms with E-state index in [1.165, 1.54) is 64.2 Å². The van der Waals surface area contributed by atoms with E-state index in [1.54, 1.807) is 0 Å². The lowest BCUT2D eigenvalue weighted by atomic mass is 10.1. The van der Waals surface area contributed by atoms with Crippen LogP contribution in [0.25, 0.3) is 0 Å². The van der Waals surface area contributed by atoms with Crippen molar-refractivity contribution in [1.29, 1.82) is 0 Å². The van der Waals surface area contributed by atoms with Crippen molar-refractivity contribution >= 4 is 17.9 Å². The Morgan fingerprint density at radius 3 is 0.944 bits per heavy atom. The number of carbonyl (C=O) groups excluding carboxylic acids is 3. The summed E-state index contributed by atoms with van der Waals surface area (Å²) in [5, 5.41) is 0. The largest absolute Gasteiger partial charge is 0.462 e. The van der Waals surface area contributed by atoms with Crippen LogP contribution in [0.1, 0.15) is 245 Å². The van der Waals surface area contributed by atoms with Crippen molar-refractivity contribution in [2.45, 2.75) is 252 Å². The molecule has 0 saturated heterocycles. The molecule has 0 aromatic heterocycles. The highest BCUT2D eigenvalue weighted by molar-refractivity contribution is 5.71. The lowest BCUT2D eigenvalue weighted by molar-refractivity contribution is -0.167. The first-order chi connectivity index (χ1) is 35.5. The molecule has 0 aromatic carbocycles. The second-order valence-corrected chi connectivity index (χ2v) is 18.8. The van der Waals surface area contributed by atoms with Crippen LogP contribution in [0, 0.1) is 0 Å². The van der Waals surface area contributed by atoms with Crippen molar-refractivity contribution in [3.63, 3.8) is 0 Å². The Labute approximate surface area is 443 Å². The normalized spacial score (nSPS) is 13.1. The maximum Gasteiger partial charge on any atom is 0.306 e. The number of hydrogen-bond donors (Lipinski definition) is 0. The van der Waals surface area contributed by atoms with Crippen molar-refractivity contribution in [2.24, 2.45) is 0 Å². The molecule has 0 aliphatic rings. The average molecular weight is 996 g/mol. The molecule has 0 aromatic rings. The van der Waals surface area contributed by atoms with Gasteiger partial charge in [-0.05, 0) is 116 Å². The van der Waals surface area contributed by atoms with Gasteiger partial charge in [0.15, 0.2) is 6.10 Å². The number of allylic oxidation sites excluding steroid dienone is 22. The first-order valence-corrected chi connectivity index (χ1v) is 29.2. The van der Waals surface area contributed by atoms with Crippen LogP contribution in [-0.2, 0) is 28.6 Å². The molecule has 1 unspecified atom stereocenters. The molecule has 6 nitrogen and oxygen atoms in total. The van der Waals surface area contributed by atoms with Gasteiger partial charge >= 0.3 is 17.9 Å². The summed E-state index contributed by atoms with van der Waals surface area (Å²) in [5.74, 6) is -0.959. The summed E-state index contributed by atoms with van der Waals surface area (Å²) in [6, 6.07) is 0. The first kappa shape index (κ1) is 67.5. The van der Waals surface area contributed by atoms with E-state index in [1.807, 2.05) is 0 Å². The van der Waals surface area contributed by atoms with Crippen LogP contribution in [0.2, 0.25) is 0 Å². The van der Waals surface area contributed by atoms with E-state index >= 15 is 0 Å². The second kappa shape index (κ2) is 59.1. The smallest absolute Gasteiger partial charge is 0.306 e. The van der Waals surface area contributed by atoms with Gasteiger partial charge in [0, 0.05) is 19.3 Å². The molecule has 0 rings (SSSR count). The molecule has 0 amide bonds. The van der Waals surface area contributed by atoms with Gasteiger partial charge in [-0.3, -0.25) is 14.4 Å². The topological polar surface area (TPSA) is 78.9 Å².